The van der Waals surface area contributed by atoms with Crippen LogP contribution in [0.5, 0.6) is 0 Å². The molecule has 0 bridgehead atoms. The van der Waals surface area contributed by atoms with Gasteiger partial charge >= 0.3 is 0 Å². The first-order valence-corrected chi connectivity index (χ1v) is 9.16. The van der Waals surface area contributed by atoms with Crippen molar-refractivity contribution in [3.63, 3.8) is 0 Å². The number of rotatable bonds is 5. The molecule has 4 rings (SSSR count). The molecule has 1 aliphatic carbocycles. The molecule has 1 fully saturated rings. The lowest BCUT2D eigenvalue weighted by Gasteiger charge is -2.24. The minimum absolute atomic E-state index is 0.231. The van der Waals surface area contributed by atoms with Crippen molar-refractivity contribution in [1.82, 2.24) is 5.32 Å². The second-order valence-electron chi connectivity index (χ2n) is 6.89. The smallest absolute Gasteiger partial charge is 0.223 e. The van der Waals surface area contributed by atoms with Crippen LogP contribution in [0.1, 0.15) is 24.8 Å². The molecule has 1 saturated carbocycles. The Morgan fingerprint density at radius 2 is 1.68 bits per heavy atom. The maximum absolute atomic E-state index is 12.1. The molecule has 3 aromatic carbocycles. The van der Waals surface area contributed by atoms with Gasteiger partial charge in [0.2, 0.25) is 5.91 Å². The molecule has 0 heterocycles. The lowest BCUT2D eigenvalue weighted by Crippen LogP contribution is -2.35. The van der Waals surface area contributed by atoms with Crippen molar-refractivity contribution in [2.45, 2.75) is 25.7 Å². The average Bonchev–Trinajstić information content (AvgIpc) is 2.61. The summed E-state index contributed by atoms with van der Waals surface area (Å²) in [6, 6.07) is 23.5. The zero-order valence-corrected chi connectivity index (χ0v) is 14.4. The van der Waals surface area contributed by atoms with E-state index < -0.39 is 0 Å². The molecule has 1 amide bonds. The van der Waals surface area contributed by atoms with Crippen LogP contribution in [0.2, 0.25) is 0 Å². The summed E-state index contributed by atoms with van der Waals surface area (Å²) in [6.45, 7) is 0.706. The van der Waals surface area contributed by atoms with Crippen LogP contribution in [0.15, 0.2) is 66.7 Å². The van der Waals surface area contributed by atoms with E-state index in [0.717, 1.165) is 19.3 Å². The van der Waals surface area contributed by atoms with Crippen LogP contribution in [-0.4, -0.2) is 12.5 Å². The highest BCUT2D eigenvalue weighted by Gasteiger charge is 2.24. The number of benzene rings is 3. The maximum atomic E-state index is 12.1. The van der Waals surface area contributed by atoms with Crippen molar-refractivity contribution in [3.05, 3.63) is 72.3 Å². The zero-order chi connectivity index (χ0) is 17.1. The molecular weight excluding hydrogens is 306 g/mol. The molecule has 0 unspecified atom stereocenters. The highest BCUT2D eigenvalue weighted by Crippen LogP contribution is 2.28. The van der Waals surface area contributed by atoms with Gasteiger partial charge in [0.1, 0.15) is 0 Å². The number of nitrogens with one attached hydrogen (secondary N) is 1. The Labute approximate surface area is 148 Å². The van der Waals surface area contributed by atoms with Gasteiger partial charge < -0.3 is 5.32 Å². The number of hydrogen-bond donors (Lipinski definition) is 1. The molecule has 0 atom stereocenters. The Morgan fingerprint density at radius 3 is 2.44 bits per heavy atom. The van der Waals surface area contributed by atoms with Gasteiger partial charge in [-0.15, -0.1) is 0 Å². The van der Waals surface area contributed by atoms with Crippen molar-refractivity contribution < 1.29 is 4.79 Å². The summed E-state index contributed by atoms with van der Waals surface area (Å²) < 4.78 is 0. The normalized spacial score (nSPS) is 14.2. The van der Waals surface area contributed by atoms with Gasteiger partial charge in [0, 0.05) is 12.5 Å². The number of carbonyl (C=O) groups excluding carboxylic acids is 1. The third-order valence-corrected chi connectivity index (χ3v) is 5.22. The summed E-state index contributed by atoms with van der Waals surface area (Å²) in [5, 5.41) is 5.65. The zero-order valence-electron chi connectivity index (χ0n) is 14.4. The Balaban J connectivity index is 1.59. The molecule has 1 aliphatic rings. The molecule has 126 valence electrons. The lowest BCUT2D eigenvalue weighted by atomic mass is 9.85. The molecule has 0 radical (unpaired) electrons. The van der Waals surface area contributed by atoms with Crippen molar-refractivity contribution >= 4 is 16.7 Å². The van der Waals surface area contributed by atoms with Gasteiger partial charge in [-0.05, 0) is 52.8 Å². The predicted octanol–water partition coefficient (Wildman–Crippen LogP) is 4.97. The van der Waals surface area contributed by atoms with E-state index in [1.54, 1.807) is 0 Å². The first-order chi connectivity index (χ1) is 12.3. The summed E-state index contributed by atoms with van der Waals surface area (Å²) in [6.07, 6.45) is 4.16. The average molecular weight is 329 g/mol. The van der Waals surface area contributed by atoms with E-state index in [1.165, 1.54) is 33.9 Å². The van der Waals surface area contributed by atoms with Gasteiger partial charge in [-0.1, -0.05) is 67.1 Å². The third kappa shape index (κ3) is 3.43. The molecule has 0 spiro atoms. The summed E-state index contributed by atoms with van der Waals surface area (Å²) in [5.41, 5.74) is 3.76. The highest BCUT2D eigenvalue weighted by molar-refractivity contribution is 5.90. The topological polar surface area (TPSA) is 29.1 Å². The molecule has 0 saturated heterocycles. The van der Waals surface area contributed by atoms with E-state index in [1.807, 2.05) is 6.07 Å². The van der Waals surface area contributed by atoms with E-state index >= 15 is 0 Å². The standard InChI is InChI=1S/C23H23NO/c25-23(18-10-6-11-18)24-14-13-20-16-21(17-7-2-1-3-8-17)15-19-9-4-5-12-22(19)20/h1-5,7-9,12,15-16,18H,6,10-11,13-14H2,(H,24,25). The Morgan fingerprint density at radius 1 is 0.920 bits per heavy atom. The fraction of sp³-hybridized carbons (Fsp3) is 0.261. The van der Waals surface area contributed by atoms with Gasteiger partial charge in [-0.3, -0.25) is 4.79 Å². The predicted molar refractivity (Wildman–Crippen MR) is 103 cm³/mol. The minimum atomic E-state index is 0.231. The van der Waals surface area contributed by atoms with E-state index in [0.29, 0.717) is 6.54 Å². The van der Waals surface area contributed by atoms with Gasteiger partial charge in [0.05, 0.1) is 0 Å². The summed E-state index contributed by atoms with van der Waals surface area (Å²) >= 11 is 0. The maximum Gasteiger partial charge on any atom is 0.223 e. The molecule has 0 aliphatic heterocycles. The van der Waals surface area contributed by atoms with E-state index in [4.69, 9.17) is 0 Å². The molecule has 2 nitrogen and oxygen atoms in total. The molecule has 2 heteroatoms. The summed E-state index contributed by atoms with van der Waals surface area (Å²) in [7, 11) is 0. The molecular formula is C23H23NO. The summed E-state index contributed by atoms with van der Waals surface area (Å²) in [5.74, 6) is 0.488. The number of amides is 1. The van der Waals surface area contributed by atoms with E-state index in [2.05, 4.69) is 66.0 Å². The van der Waals surface area contributed by atoms with Crippen molar-refractivity contribution in [1.29, 1.82) is 0 Å². The van der Waals surface area contributed by atoms with Gasteiger partial charge in [0.15, 0.2) is 0 Å². The van der Waals surface area contributed by atoms with Gasteiger partial charge in [0.25, 0.3) is 0 Å². The fourth-order valence-corrected chi connectivity index (χ4v) is 3.53. The van der Waals surface area contributed by atoms with Crippen molar-refractivity contribution in [2.75, 3.05) is 6.54 Å². The number of hydrogen-bond acceptors (Lipinski definition) is 1. The van der Waals surface area contributed by atoms with Crippen LogP contribution >= 0.6 is 0 Å². The number of carbonyl (C=O) groups is 1. The van der Waals surface area contributed by atoms with Crippen LogP contribution in [0, 0.1) is 5.92 Å². The van der Waals surface area contributed by atoms with E-state index in [9.17, 15) is 4.79 Å². The summed E-state index contributed by atoms with van der Waals surface area (Å²) in [4.78, 5) is 12.1. The monoisotopic (exact) mass is 329 g/mol. The van der Waals surface area contributed by atoms with E-state index in [-0.39, 0.29) is 11.8 Å². The van der Waals surface area contributed by atoms with Gasteiger partial charge in [-0.2, -0.15) is 0 Å². The third-order valence-electron chi connectivity index (χ3n) is 5.22. The Kier molecular flexibility index (Phi) is 4.51. The van der Waals surface area contributed by atoms with Crippen LogP contribution < -0.4 is 5.32 Å². The van der Waals surface area contributed by atoms with Crippen LogP contribution in [0.3, 0.4) is 0 Å². The Hall–Kier alpha value is -2.61. The van der Waals surface area contributed by atoms with Crippen LogP contribution in [-0.2, 0) is 11.2 Å². The van der Waals surface area contributed by atoms with Crippen LogP contribution in [0.4, 0.5) is 0 Å². The molecule has 1 N–H and O–H groups in total. The van der Waals surface area contributed by atoms with Crippen molar-refractivity contribution in [2.24, 2.45) is 5.92 Å². The Bertz CT molecular complexity index is 881. The number of fused-ring (bicyclic) bond motifs is 1. The largest absolute Gasteiger partial charge is 0.356 e. The van der Waals surface area contributed by atoms with Gasteiger partial charge in [-0.25, -0.2) is 0 Å². The second-order valence-corrected chi connectivity index (χ2v) is 6.89. The molecule has 0 aromatic heterocycles. The second kappa shape index (κ2) is 7.10. The van der Waals surface area contributed by atoms with Crippen molar-refractivity contribution in [3.8, 4) is 11.1 Å². The fourth-order valence-electron chi connectivity index (χ4n) is 3.53. The SMILES string of the molecule is O=C(NCCc1cc(-c2ccccc2)cc2ccccc12)C1CCC1. The van der Waals surface area contributed by atoms with Crippen LogP contribution in [0.25, 0.3) is 21.9 Å². The highest BCUT2D eigenvalue weighted by atomic mass is 16.1. The first-order valence-electron chi connectivity index (χ1n) is 9.16. The molecule has 3 aromatic rings. The quantitative estimate of drug-likeness (QED) is 0.704. The minimum Gasteiger partial charge on any atom is -0.356 e. The lowest BCUT2D eigenvalue weighted by molar-refractivity contribution is -0.127. The molecule has 25 heavy (non-hydrogen) atoms. The first kappa shape index (κ1) is 15.9.